The van der Waals surface area contributed by atoms with Crippen LogP contribution in [0.2, 0.25) is 0 Å². The number of nitrogens with two attached hydrogens (primary N) is 1. The van der Waals surface area contributed by atoms with E-state index in [0.29, 0.717) is 25.1 Å². The van der Waals surface area contributed by atoms with Crippen LogP contribution in [0.3, 0.4) is 0 Å². The lowest BCUT2D eigenvalue weighted by Gasteiger charge is -2.18. The Hall–Kier alpha value is -3.50. The van der Waals surface area contributed by atoms with Crippen LogP contribution in [0.4, 0.5) is 0 Å². The molecule has 1 fully saturated rings. The van der Waals surface area contributed by atoms with E-state index in [1.165, 1.54) is 12.1 Å². The number of aryl methyl sites for hydroxylation is 1. The van der Waals surface area contributed by atoms with Crippen molar-refractivity contribution >= 4 is 21.8 Å². The zero-order valence-corrected chi connectivity index (χ0v) is 18.3. The first kappa shape index (κ1) is 21.7. The predicted octanol–water partition coefficient (Wildman–Crippen LogP) is 1.45. The number of benzene rings is 2. The molecule has 0 saturated carbocycles. The maximum atomic E-state index is 12.8. The van der Waals surface area contributed by atoms with Crippen molar-refractivity contribution in [2.24, 2.45) is 12.8 Å². The maximum Gasteiger partial charge on any atom is 0.241 e. The van der Waals surface area contributed by atoms with Crippen LogP contribution in [0.1, 0.15) is 17.5 Å². The molecule has 0 aliphatic carbocycles. The van der Waals surface area contributed by atoms with Gasteiger partial charge in [-0.1, -0.05) is 18.2 Å². The van der Waals surface area contributed by atoms with Gasteiger partial charge in [-0.2, -0.15) is 4.72 Å². The van der Waals surface area contributed by atoms with Crippen molar-refractivity contribution in [3.8, 4) is 11.4 Å². The van der Waals surface area contributed by atoms with Crippen LogP contribution in [0.15, 0.2) is 65.8 Å². The Balaban J connectivity index is 1.44. The second-order valence-electron chi connectivity index (χ2n) is 7.72. The molecule has 0 unspecified atom stereocenters. The number of amides is 1. The Labute approximate surface area is 186 Å². The summed E-state index contributed by atoms with van der Waals surface area (Å²) in [6, 6.07) is 12.7. The molecule has 3 aromatic rings. The van der Waals surface area contributed by atoms with Crippen LogP contribution in [0.5, 0.6) is 0 Å². The summed E-state index contributed by atoms with van der Waals surface area (Å²) in [6.45, 7) is 0.769. The number of likely N-dealkylation sites (tertiary alicyclic amines) is 1. The number of carbonyl (C=O) groups excluding carboxylic acids is 1. The number of hydrogen-bond acceptors (Lipinski definition) is 5. The van der Waals surface area contributed by atoms with Crippen molar-refractivity contribution in [2.45, 2.75) is 23.9 Å². The SMILES string of the molecule is Cn1ccnc1-c1ccc(S(=O)(=O)N[C@H]2CCN(Cc3cccc(C(=N)N)c3)C2=O)cc1. The third-order valence-corrected chi connectivity index (χ3v) is 6.94. The summed E-state index contributed by atoms with van der Waals surface area (Å²) in [4.78, 5) is 18.8. The molecule has 1 aromatic heterocycles. The average Bonchev–Trinajstić information content (AvgIpc) is 3.34. The van der Waals surface area contributed by atoms with Crippen LogP contribution in [0.25, 0.3) is 11.4 Å². The highest BCUT2D eigenvalue weighted by Gasteiger charge is 2.35. The summed E-state index contributed by atoms with van der Waals surface area (Å²) in [5.74, 6) is 0.419. The van der Waals surface area contributed by atoms with Gasteiger partial charge in [-0.25, -0.2) is 13.4 Å². The van der Waals surface area contributed by atoms with Gasteiger partial charge in [0.25, 0.3) is 0 Å². The normalized spacial score (nSPS) is 16.5. The lowest BCUT2D eigenvalue weighted by Crippen LogP contribution is -2.41. The topological polar surface area (TPSA) is 134 Å². The molecule has 0 radical (unpaired) electrons. The second-order valence-corrected chi connectivity index (χ2v) is 9.44. The number of nitrogens with zero attached hydrogens (tertiary/aromatic N) is 3. The molecule has 1 aliphatic heterocycles. The minimum atomic E-state index is -3.86. The number of sulfonamides is 1. The van der Waals surface area contributed by atoms with Gasteiger partial charge in [-0.15, -0.1) is 0 Å². The van der Waals surface area contributed by atoms with E-state index in [1.807, 2.05) is 23.9 Å². The monoisotopic (exact) mass is 452 g/mol. The minimum Gasteiger partial charge on any atom is -0.384 e. The first-order chi connectivity index (χ1) is 15.2. The van der Waals surface area contributed by atoms with Gasteiger partial charge in [0.15, 0.2) is 0 Å². The number of amidine groups is 1. The third kappa shape index (κ3) is 4.41. The molecule has 166 valence electrons. The Morgan fingerprint density at radius 2 is 2.00 bits per heavy atom. The molecular weight excluding hydrogens is 428 g/mol. The second kappa shape index (κ2) is 8.56. The lowest BCUT2D eigenvalue weighted by atomic mass is 10.1. The molecule has 0 spiro atoms. The first-order valence-electron chi connectivity index (χ1n) is 10.1. The highest BCUT2D eigenvalue weighted by Crippen LogP contribution is 2.21. The van der Waals surface area contributed by atoms with Crippen molar-refractivity contribution in [3.05, 3.63) is 72.1 Å². The van der Waals surface area contributed by atoms with Crippen LogP contribution < -0.4 is 10.5 Å². The van der Waals surface area contributed by atoms with Gasteiger partial charge in [-0.05, 0) is 42.3 Å². The predicted molar refractivity (Wildman–Crippen MR) is 120 cm³/mol. The fourth-order valence-corrected chi connectivity index (χ4v) is 4.97. The molecular formula is C22H24N6O3S. The number of rotatable bonds is 7. The summed E-state index contributed by atoms with van der Waals surface area (Å²) >= 11 is 0. The number of carbonyl (C=O) groups is 1. The smallest absolute Gasteiger partial charge is 0.241 e. The number of imidazole rings is 1. The summed E-state index contributed by atoms with van der Waals surface area (Å²) in [5.41, 5.74) is 7.75. The van der Waals surface area contributed by atoms with E-state index in [0.717, 1.165) is 17.0 Å². The molecule has 9 nitrogen and oxygen atoms in total. The molecule has 1 amide bonds. The molecule has 1 saturated heterocycles. The molecule has 1 aliphatic rings. The average molecular weight is 453 g/mol. The summed E-state index contributed by atoms with van der Waals surface area (Å²) < 4.78 is 30.1. The van der Waals surface area contributed by atoms with Gasteiger partial charge >= 0.3 is 0 Å². The van der Waals surface area contributed by atoms with Crippen molar-refractivity contribution < 1.29 is 13.2 Å². The van der Waals surface area contributed by atoms with Crippen molar-refractivity contribution in [2.75, 3.05) is 6.54 Å². The van der Waals surface area contributed by atoms with E-state index in [9.17, 15) is 13.2 Å². The molecule has 1 atom stereocenters. The Kier molecular flexibility index (Phi) is 5.81. The third-order valence-electron chi connectivity index (χ3n) is 5.45. The summed E-state index contributed by atoms with van der Waals surface area (Å²) in [7, 11) is -1.99. The number of nitrogen functional groups attached to an aromatic ring is 1. The van der Waals surface area contributed by atoms with E-state index >= 15 is 0 Å². The highest BCUT2D eigenvalue weighted by molar-refractivity contribution is 7.89. The maximum absolute atomic E-state index is 12.8. The van der Waals surface area contributed by atoms with Crippen LogP contribution in [0, 0.1) is 5.41 Å². The fraction of sp³-hybridized carbons (Fsp3) is 0.227. The summed E-state index contributed by atoms with van der Waals surface area (Å²) in [5, 5.41) is 7.55. The Morgan fingerprint density at radius 1 is 1.25 bits per heavy atom. The molecule has 2 aromatic carbocycles. The van der Waals surface area contributed by atoms with Gasteiger partial charge in [-0.3, -0.25) is 10.2 Å². The Morgan fingerprint density at radius 3 is 2.66 bits per heavy atom. The molecule has 2 heterocycles. The molecule has 32 heavy (non-hydrogen) atoms. The quantitative estimate of drug-likeness (QED) is 0.368. The van der Waals surface area contributed by atoms with Crippen LogP contribution in [-0.4, -0.2) is 47.2 Å². The zero-order valence-electron chi connectivity index (χ0n) is 17.5. The van der Waals surface area contributed by atoms with E-state index < -0.39 is 16.1 Å². The van der Waals surface area contributed by atoms with Crippen molar-refractivity contribution in [1.82, 2.24) is 19.2 Å². The standard InChI is InChI=1S/C22H24N6O3S/c1-27-12-10-25-21(27)16-5-7-18(8-6-16)32(30,31)26-19-9-11-28(22(19)29)14-15-3-2-4-17(13-15)20(23)24/h2-8,10,12-13,19,26H,9,11,14H2,1H3,(H3,23,24)/t19-/m0/s1. The van der Waals surface area contributed by atoms with Gasteiger partial charge in [0.2, 0.25) is 15.9 Å². The van der Waals surface area contributed by atoms with Gasteiger partial charge in [0.1, 0.15) is 17.7 Å². The van der Waals surface area contributed by atoms with Crippen LogP contribution >= 0.6 is 0 Å². The minimum absolute atomic E-state index is 0.0424. The van der Waals surface area contributed by atoms with E-state index in [1.54, 1.807) is 41.4 Å². The first-order valence-corrected chi connectivity index (χ1v) is 11.5. The van der Waals surface area contributed by atoms with Crippen LogP contribution in [-0.2, 0) is 28.4 Å². The molecule has 0 bridgehead atoms. The molecule has 4 rings (SSSR count). The number of aromatic nitrogens is 2. The summed E-state index contributed by atoms with van der Waals surface area (Å²) in [6.07, 6.45) is 3.88. The van der Waals surface area contributed by atoms with E-state index in [4.69, 9.17) is 11.1 Å². The zero-order chi connectivity index (χ0) is 22.9. The van der Waals surface area contributed by atoms with Gasteiger partial charge < -0.3 is 15.2 Å². The van der Waals surface area contributed by atoms with Crippen molar-refractivity contribution in [3.63, 3.8) is 0 Å². The van der Waals surface area contributed by atoms with Crippen molar-refractivity contribution in [1.29, 1.82) is 5.41 Å². The number of hydrogen-bond donors (Lipinski definition) is 3. The van der Waals surface area contributed by atoms with E-state index in [-0.39, 0.29) is 16.6 Å². The highest BCUT2D eigenvalue weighted by atomic mass is 32.2. The van der Waals surface area contributed by atoms with E-state index in [2.05, 4.69) is 9.71 Å². The largest absolute Gasteiger partial charge is 0.384 e. The number of nitrogens with one attached hydrogen (secondary N) is 2. The fourth-order valence-electron chi connectivity index (χ4n) is 3.75. The van der Waals surface area contributed by atoms with Gasteiger partial charge in [0, 0.05) is 43.7 Å². The molecule has 10 heteroatoms. The molecule has 4 N–H and O–H groups in total. The van der Waals surface area contributed by atoms with Gasteiger partial charge in [0.05, 0.1) is 4.90 Å². The Bertz CT molecular complexity index is 1270. The lowest BCUT2D eigenvalue weighted by molar-refractivity contribution is -0.129.